The molecule has 0 aromatic heterocycles. The molecule has 0 saturated carbocycles. The highest BCUT2D eigenvalue weighted by Gasteiger charge is 1.90. The van der Waals surface area contributed by atoms with Gasteiger partial charge >= 0.3 is 5.97 Å². The number of aliphatic hydroxyl groups is 1. The topological polar surface area (TPSA) is 57.5 Å². The highest BCUT2D eigenvalue weighted by molar-refractivity contribution is 5.84. The first-order chi connectivity index (χ1) is 9.06. The second kappa shape index (κ2) is 16.6. The Labute approximate surface area is 117 Å². The number of hydrogen-bond acceptors (Lipinski definition) is 2. The van der Waals surface area contributed by atoms with Crippen molar-refractivity contribution in [1.82, 2.24) is 0 Å². The summed E-state index contributed by atoms with van der Waals surface area (Å²) in [5.74, 6) is -0.935. The van der Waals surface area contributed by atoms with Crippen LogP contribution < -0.4 is 0 Å². The Bertz CT molecular complexity index is 255. The molecule has 19 heavy (non-hydrogen) atoms. The number of carboxylic acids is 1. The maximum atomic E-state index is 9.60. The minimum absolute atomic E-state index is 0.176. The molecule has 0 spiro atoms. The quantitative estimate of drug-likeness (QED) is 0.356. The van der Waals surface area contributed by atoms with E-state index >= 15 is 0 Å². The fourth-order valence-corrected chi connectivity index (χ4v) is 1.27. The lowest BCUT2D eigenvalue weighted by Gasteiger charge is -1.98. The third-order valence-electron chi connectivity index (χ3n) is 2.42. The van der Waals surface area contributed by atoms with E-state index in [9.17, 15) is 4.79 Å². The molecule has 0 aliphatic rings. The molecule has 0 rings (SSSR count). The summed E-state index contributed by atoms with van der Waals surface area (Å²) in [5.41, 5.74) is 0.176. The Morgan fingerprint density at radius 1 is 1.11 bits per heavy atom. The maximum Gasteiger partial charge on any atom is 0.330 e. The van der Waals surface area contributed by atoms with Gasteiger partial charge in [0.25, 0.3) is 0 Å². The molecule has 3 heteroatoms. The molecule has 0 radical (unpaired) electrons. The summed E-state index contributed by atoms with van der Waals surface area (Å²) >= 11 is 0. The number of aliphatic carboxylic acids is 1. The molecular weight excluding hydrogens is 240 g/mol. The molecule has 110 valence electrons. The van der Waals surface area contributed by atoms with Crippen molar-refractivity contribution in [1.29, 1.82) is 0 Å². The van der Waals surface area contributed by atoms with Gasteiger partial charge in [0, 0.05) is 12.2 Å². The van der Waals surface area contributed by atoms with Crippen molar-refractivity contribution < 1.29 is 15.0 Å². The second-order valence-electron chi connectivity index (χ2n) is 4.38. The Morgan fingerprint density at radius 2 is 1.58 bits per heavy atom. The SMILES string of the molecule is C=C(C)C(=O)O.C=CC=CCCCCCCCCO. The zero-order chi connectivity index (χ0) is 14.9. The zero-order valence-corrected chi connectivity index (χ0v) is 12.1. The smallest absolute Gasteiger partial charge is 0.330 e. The number of hydrogen-bond donors (Lipinski definition) is 2. The summed E-state index contributed by atoms with van der Waals surface area (Å²) in [6.45, 7) is 8.57. The van der Waals surface area contributed by atoms with Gasteiger partial charge < -0.3 is 10.2 Å². The van der Waals surface area contributed by atoms with Crippen LogP contribution in [0.1, 0.15) is 51.9 Å². The maximum absolute atomic E-state index is 9.60. The molecule has 0 fully saturated rings. The molecule has 0 atom stereocenters. The minimum Gasteiger partial charge on any atom is -0.478 e. The Morgan fingerprint density at radius 3 is 2.00 bits per heavy atom. The molecule has 0 saturated heterocycles. The van der Waals surface area contributed by atoms with E-state index in [1.807, 2.05) is 12.2 Å². The molecule has 0 unspecified atom stereocenters. The summed E-state index contributed by atoms with van der Waals surface area (Å²) in [5, 5.41) is 16.4. The van der Waals surface area contributed by atoms with E-state index in [4.69, 9.17) is 10.2 Å². The largest absolute Gasteiger partial charge is 0.478 e. The average molecular weight is 268 g/mol. The normalized spacial score (nSPS) is 9.79. The van der Waals surface area contributed by atoms with Crippen molar-refractivity contribution >= 4 is 5.97 Å². The molecule has 0 aromatic carbocycles. The van der Waals surface area contributed by atoms with Crippen molar-refractivity contribution in [2.24, 2.45) is 0 Å². The second-order valence-corrected chi connectivity index (χ2v) is 4.38. The van der Waals surface area contributed by atoms with Crippen molar-refractivity contribution in [3.05, 3.63) is 37.0 Å². The third-order valence-corrected chi connectivity index (χ3v) is 2.42. The number of carbonyl (C=O) groups is 1. The van der Waals surface area contributed by atoms with Crippen molar-refractivity contribution in [3.8, 4) is 0 Å². The number of aliphatic hydroxyl groups excluding tert-OH is 1. The molecule has 0 bridgehead atoms. The van der Waals surface area contributed by atoms with Crippen molar-refractivity contribution in [3.63, 3.8) is 0 Å². The van der Waals surface area contributed by atoms with Gasteiger partial charge in [-0.1, -0.05) is 57.1 Å². The van der Waals surface area contributed by atoms with E-state index in [-0.39, 0.29) is 5.57 Å². The average Bonchev–Trinajstić information content (AvgIpc) is 2.37. The van der Waals surface area contributed by atoms with Gasteiger partial charge in [-0.2, -0.15) is 0 Å². The van der Waals surface area contributed by atoms with Crippen LogP contribution in [-0.2, 0) is 4.79 Å². The Hall–Kier alpha value is -1.35. The van der Waals surface area contributed by atoms with E-state index in [1.54, 1.807) is 0 Å². The predicted octanol–water partition coefficient (Wildman–Crippen LogP) is 4.10. The number of carboxylic acid groups (broad SMARTS) is 1. The van der Waals surface area contributed by atoms with Crippen LogP contribution >= 0.6 is 0 Å². The molecule has 0 aliphatic carbocycles. The van der Waals surface area contributed by atoms with Crippen molar-refractivity contribution in [2.75, 3.05) is 6.61 Å². The lowest BCUT2D eigenvalue weighted by atomic mass is 10.1. The first-order valence-electron chi connectivity index (χ1n) is 6.83. The molecule has 2 N–H and O–H groups in total. The fourth-order valence-electron chi connectivity index (χ4n) is 1.27. The zero-order valence-electron chi connectivity index (χ0n) is 12.1. The third kappa shape index (κ3) is 22.3. The number of unbranched alkanes of at least 4 members (excludes halogenated alkanes) is 6. The number of allylic oxidation sites excluding steroid dienone is 3. The summed E-state index contributed by atoms with van der Waals surface area (Å²) in [6, 6.07) is 0. The molecule has 0 aromatic rings. The fraction of sp³-hybridized carbons (Fsp3) is 0.562. The van der Waals surface area contributed by atoms with E-state index < -0.39 is 5.97 Å². The number of rotatable bonds is 10. The lowest BCUT2D eigenvalue weighted by Crippen LogP contribution is -1.92. The monoisotopic (exact) mass is 268 g/mol. The molecule has 0 heterocycles. The van der Waals surface area contributed by atoms with E-state index in [1.165, 1.54) is 45.4 Å². The van der Waals surface area contributed by atoms with Crippen LogP contribution in [0.5, 0.6) is 0 Å². The van der Waals surface area contributed by atoms with E-state index in [0.29, 0.717) is 6.61 Å². The highest BCUT2D eigenvalue weighted by Crippen LogP contribution is 2.07. The summed E-state index contributed by atoms with van der Waals surface area (Å²) < 4.78 is 0. The van der Waals surface area contributed by atoms with Gasteiger partial charge in [0.1, 0.15) is 0 Å². The van der Waals surface area contributed by atoms with E-state index in [2.05, 4.69) is 19.2 Å². The highest BCUT2D eigenvalue weighted by atomic mass is 16.4. The van der Waals surface area contributed by atoms with Gasteiger partial charge in [-0.15, -0.1) is 0 Å². The van der Waals surface area contributed by atoms with Crippen molar-refractivity contribution in [2.45, 2.75) is 51.9 Å². The van der Waals surface area contributed by atoms with Crippen LogP contribution in [0.3, 0.4) is 0 Å². The minimum atomic E-state index is -0.935. The summed E-state index contributed by atoms with van der Waals surface area (Å²) in [4.78, 5) is 9.60. The van der Waals surface area contributed by atoms with Gasteiger partial charge in [-0.05, 0) is 26.2 Å². The summed E-state index contributed by atoms with van der Waals surface area (Å²) in [6.07, 6.45) is 14.5. The van der Waals surface area contributed by atoms with E-state index in [0.717, 1.165) is 6.42 Å². The standard InChI is InChI=1S/C12H22O.C4H6O2/c1-2-3-4-5-6-7-8-9-10-11-12-13;1-3(2)4(5)6/h2-4,13H,1,5-12H2;1H2,2H3,(H,5,6). The molecule has 3 nitrogen and oxygen atoms in total. The van der Waals surface area contributed by atoms with Gasteiger partial charge in [-0.25, -0.2) is 4.79 Å². The van der Waals surface area contributed by atoms with Crippen LogP contribution in [0.15, 0.2) is 37.0 Å². The predicted molar refractivity (Wildman–Crippen MR) is 81.2 cm³/mol. The Balaban J connectivity index is 0. The van der Waals surface area contributed by atoms with Gasteiger partial charge in [0.05, 0.1) is 0 Å². The van der Waals surface area contributed by atoms with Crippen LogP contribution in [0, 0.1) is 0 Å². The molecule has 0 amide bonds. The lowest BCUT2D eigenvalue weighted by molar-refractivity contribution is -0.132. The van der Waals surface area contributed by atoms with Crippen LogP contribution in [0.4, 0.5) is 0 Å². The van der Waals surface area contributed by atoms with Gasteiger partial charge in [0.15, 0.2) is 0 Å². The van der Waals surface area contributed by atoms with Gasteiger partial charge in [-0.3, -0.25) is 0 Å². The van der Waals surface area contributed by atoms with Crippen LogP contribution in [0.2, 0.25) is 0 Å². The first-order valence-corrected chi connectivity index (χ1v) is 6.83. The Kier molecular flexibility index (Phi) is 17.5. The first kappa shape index (κ1) is 20.0. The molecule has 0 aliphatic heterocycles. The van der Waals surface area contributed by atoms with Gasteiger partial charge in [0.2, 0.25) is 0 Å². The molecular formula is C16H28O3. The summed E-state index contributed by atoms with van der Waals surface area (Å²) in [7, 11) is 0. The van der Waals surface area contributed by atoms with Crippen LogP contribution in [0.25, 0.3) is 0 Å². The van der Waals surface area contributed by atoms with Crippen LogP contribution in [-0.4, -0.2) is 22.8 Å².